The number of para-hydroxylation sites is 6. The summed E-state index contributed by atoms with van der Waals surface area (Å²) >= 11 is 0. The zero-order chi connectivity index (χ0) is 80.0. The minimum atomic E-state index is 0.847. The second-order valence-electron chi connectivity index (χ2n) is 32.7. The number of pyridine rings is 9. The van der Waals surface area contributed by atoms with Gasteiger partial charge in [-0.15, -0.1) is 0 Å². The van der Waals surface area contributed by atoms with Crippen LogP contribution in [0.5, 0.6) is 0 Å². The van der Waals surface area contributed by atoms with Crippen LogP contribution in [0.1, 0.15) is 33.4 Å². The molecule has 15 heterocycles. The summed E-state index contributed by atoms with van der Waals surface area (Å²) in [7, 11) is 0. The first-order chi connectivity index (χ1) is 61.1. The van der Waals surface area contributed by atoms with Crippen LogP contribution in [-0.2, 0) is 19.3 Å². The molecule has 27 aromatic rings. The van der Waals surface area contributed by atoms with E-state index >= 15 is 0 Å². The molecule has 0 bridgehead atoms. The summed E-state index contributed by atoms with van der Waals surface area (Å²) in [4.78, 5) is 43.3. The van der Waals surface area contributed by atoms with Gasteiger partial charge in [0, 0.05) is 149 Å². The van der Waals surface area contributed by atoms with Crippen molar-refractivity contribution in [3.8, 4) is 50.4 Å². The molecule has 15 heteroatoms. The fraction of sp³-hybridized carbons (Fsp3) is 0.0278. The molecule has 0 unspecified atom stereocenters. The second-order valence-corrected chi connectivity index (χ2v) is 32.7. The molecule has 15 aromatic heterocycles. The van der Waals surface area contributed by atoms with Crippen molar-refractivity contribution in [2.75, 3.05) is 0 Å². The van der Waals surface area contributed by atoms with E-state index in [9.17, 15) is 0 Å². The molecule has 0 saturated heterocycles. The number of hydrogen-bond donors (Lipinski definition) is 0. The topological polar surface area (TPSA) is 144 Å². The van der Waals surface area contributed by atoms with E-state index in [0.29, 0.717) is 0 Å². The molecule has 3 aliphatic carbocycles. The van der Waals surface area contributed by atoms with E-state index in [-0.39, 0.29) is 0 Å². The average molecular weight is 1570 g/mol. The van der Waals surface area contributed by atoms with Crippen molar-refractivity contribution in [3.63, 3.8) is 0 Å². The van der Waals surface area contributed by atoms with Crippen molar-refractivity contribution >= 4 is 181 Å². The van der Waals surface area contributed by atoms with E-state index in [1.807, 2.05) is 92.2 Å². The molecule has 15 nitrogen and oxygen atoms in total. The van der Waals surface area contributed by atoms with Crippen LogP contribution in [-0.4, -0.2) is 71.8 Å². The maximum Gasteiger partial charge on any atom is 0.164 e. The van der Waals surface area contributed by atoms with Gasteiger partial charge < -0.3 is 13.7 Å². The van der Waals surface area contributed by atoms with Crippen LogP contribution >= 0.6 is 0 Å². The minimum Gasteiger partial charge on any atom is -0.309 e. The Kier molecular flexibility index (Phi) is 13.5. The number of nitrogens with zero attached hydrogens (tertiary/aromatic N) is 15. The fourth-order valence-corrected chi connectivity index (χ4v) is 21.7. The lowest BCUT2D eigenvalue weighted by atomic mass is 9.97. The third-order valence-electron chi connectivity index (χ3n) is 26.6. The Hall–Kier alpha value is -16.7. The molecule has 0 amide bonds. The standard InChI is InChI=1S/3C36H21N5/c1-2-7-22(8-3-1)40-30-11-5-4-9-23(30)26-13-12-21-19-27-24(32(21)34(26)40)14-15-25-28-20-37-18-16-31(28)41-35-29(10-6-17-38-35)39-36(41)33(25)27;1-2-7-21(8-3-1)40-30-11-5-4-9-25(30)33-26-19-27-22(23(26)14-15-32(33)40)12-13-24-28-20-37-18-16-31(28)41-35-29(10-6-17-38-35)39-36(41)34(24)27;1-2-7-22(8-3-1)40-31-11-5-4-9-24(31)27-17-21-18-28-23(26(21)19-33(27)40)12-13-25-29-20-37-16-14-32(29)41-35-30(10-6-15-38-35)39-36(41)34(25)28/h2*1-18,20H,19H2;1-17,19-20H,18H2. The van der Waals surface area contributed by atoms with Gasteiger partial charge in [-0.2, -0.15) is 0 Å². The van der Waals surface area contributed by atoms with Crippen LogP contribution in [0.25, 0.3) is 231 Å². The first kappa shape index (κ1) is 66.4. The van der Waals surface area contributed by atoms with Gasteiger partial charge >= 0.3 is 0 Å². The van der Waals surface area contributed by atoms with Gasteiger partial charge in [-0.05, 0) is 218 Å². The second kappa shape index (κ2) is 25.0. The molecule has 0 fully saturated rings. The third kappa shape index (κ3) is 9.12. The monoisotopic (exact) mass is 1570 g/mol. The lowest BCUT2D eigenvalue weighted by molar-refractivity contribution is 1.18. The molecular formula is C108H63N15. The van der Waals surface area contributed by atoms with Crippen molar-refractivity contribution in [1.29, 1.82) is 0 Å². The van der Waals surface area contributed by atoms with Crippen LogP contribution in [0.3, 0.4) is 0 Å². The SMILES string of the molecule is c1ccc(-n2c3ccccc3c3c4c(ccc32)-c2ccc3c5cnccc5n5c6ncccc6nc5c3c2C4)cc1.c1ccc(-n2c3ccccc3c3cc4c(cc32)-c2ccc3c5cnccc5n5c6ncccc6nc5c3c2C4)cc1.c1ccc(-n2c3ccccc3c3ccc4c(c32)-c2ccc3c5cnccc5n5c6ncccc6nc5c3c2C4)cc1. The lowest BCUT2D eigenvalue weighted by Crippen LogP contribution is -1.96. The Balaban J connectivity index is 0.0000000946. The highest BCUT2D eigenvalue weighted by atomic mass is 15.1. The van der Waals surface area contributed by atoms with E-state index in [0.717, 1.165) is 102 Å². The van der Waals surface area contributed by atoms with Gasteiger partial charge in [0.15, 0.2) is 16.9 Å². The van der Waals surface area contributed by atoms with Gasteiger partial charge in [0.2, 0.25) is 0 Å². The Morgan fingerprint density at radius 3 is 1.15 bits per heavy atom. The zero-order valence-electron chi connectivity index (χ0n) is 65.7. The molecule has 30 rings (SSSR count). The quantitative estimate of drug-likeness (QED) is 0.158. The van der Waals surface area contributed by atoms with Gasteiger partial charge in [-0.1, -0.05) is 164 Å². The summed E-state index contributed by atoms with van der Waals surface area (Å²) in [5.41, 5.74) is 38.2. The fourth-order valence-electron chi connectivity index (χ4n) is 21.7. The third-order valence-corrected chi connectivity index (χ3v) is 26.6. The molecule has 12 aromatic carbocycles. The maximum atomic E-state index is 5.17. The lowest BCUT2D eigenvalue weighted by Gasteiger charge is -2.13. The molecule has 0 spiro atoms. The largest absolute Gasteiger partial charge is 0.309 e. The Morgan fingerprint density at radius 1 is 0.220 bits per heavy atom. The smallest absolute Gasteiger partial charge is 0.164 e. The molecule has 0 saturated carbocycles. The summed E-state index contributed by atoms with van der Waals surface area (Å²) in [5.74, 6) is 0. The average Bonchev–Trinajstić information content (AvgIpc) is 1.55. The maximum absolute atomic E-state index is 5.17. The number of fused-ring (bicyclic) bond motifs is 47. The number of benzene rings is 12. The summed E-state index contributed by atoms with van der Waals surface area (Å²) in [6, 6.07) is 104. The summed E-state index contributed by atoms with van der Waals surface area (Å²) < 4.78 is 13.9. The molecule has 0 N–H and O–H groups in total. The zero-order valence-corrected chi connectivity index (χ0v) is 65.7. The molecular weight excluding hydrogens is 1510 g/mol. The van der Waals surface area contributed by atoms with Gasteiger partial charge in [0.1, 0.15) is 33.5 Å². The predicted octanol–water partition coefficient (Wildman–Crippen LogP) is 24.8. The minimum absolute atomic E-state index is 0.847. The van der Waals surface area contributed by atoms with Crippen LogP contribution in [0.2, 0.25) is 0 Å². The highest BCUT2D eigenvalue weighted by Crippen LogP contribution is 2.53. The van der Waals surface area contributed by atoms with E-state index in [2.05, 4.69) is 297 Å². The Morgan fingerprint density at radius 2 is 0.618 bits per heavy atom. The molecule has 0 aliphatic heterocycles. The molecule has 570 valence electrons. The normalized spacial score (nSPS) is 12.8. The van der Waals surface area contributed by atoms with Crippen molar-refractivity contribution in [1.82, 2.24) is 71.8 Å². The molecule has 123 heavy (non-hydrogen) atoms. The van der Waals surface area contributed by atoms with E-state index < -0.39 is 0 Å². The number of hydrogen-bond acceptors (Lipinski definition) is 9. The summed E-state index contributed by atoms with van der Waals surface area (Å²) in [5, 5.41) is 18.2. The highest BCUT2D eigenvalue weighted by Gasteiger charge is 2.33. The van der Waals surface area contributed by atoms with Crippen molar-refractivity contribution < 1.29 is 0 Å². The Bertz CT molecular complexity index is 9380. The Labute approximate surface area is 698 Å². The first-order valence-corrected chi connectivity index (χ1v) is 41.8. The molecule has 0 atom stereocenters. The summed E-state index contributed by atoms with van der Waals surface area (Å²) in [6.07, 6.45) is 19.6. The highest BCUT2D eigenvalue weighted by molar-refractivity contribution is 6.24. The van der Waals surface area contributed by atoms with Crippen LogP contribution in [0, 0.1) is 0 Å². The van der Waals surface area contributed by atoms with Gasteiger partial charge in [-0.3, -0.25) is 28.2 Å². The van der Waals surface area contributed by atoms with E-state index in [1.54, 1.807) is 0 Å². The van der Waals surface area contributed by atoms with Crippen LogP contribution in [0.15, 0.2) is 347 Å². The first-order valence-electron chi connectivity index (χ1n) is 41.8. The van der Waals surface area contributed by atoms with Crippen molar-refractivity contribution in [2.45, 2.75) is 19.3 Å². The van der Waals surface area contributed by atoms with Gasteiger partial charge in [0.25, 0.3) is 0 Å². The van der Waals surface area contributed by atoms with Crippen LogP contribution < -0.4 is 0 Å². The number of rotatable bonds is 3. The van der Waals surface area contributed by atoms with E-state index in [4.69, 9.17) is 29.9 Å². The van der Waals surface area contributed by atoms with Crippen molar-refractivity contribution in [3.05, 3.63) is 380 Å². The number of imidazole rings is 3. The van der Waals surface area contributed by atoms with Gasteiger partial charge in [0.05, 0.1) is 49.7 Å². The number of aromatic nitrogens is 15. The summed E-state index contributed by atoms with van der Waals surface area (Å²) in [6.45, 7) is 0. The van der Waals surface area contributed by atoms with Gasteiger partial charge in [-0.25, -0.2) is 29.9 Å². The van der Waals surface area contributed by atoms with Crippen LogP contribution in [0.4, 0.5) is 0 Å². The van der Waals surface area contributed by atoms with E-state index in [1.165, 1.54) is 182 Å². The molecule has 0 radical (unpaired) electrons. The predicted molar refractivity (Wildman–Crippen MR) is 498 cm³/mol. The van der Waals surface area contributed by atoms with Crippen molar-refractivity contribution in [2.24, 2.45) is 0 Å². The molecule has 3 aliphatic rings.